The molecule has 0 heterocycles. The number of halogens is 1. The highest BCUT2D eigenvalue weighted by Crippen LogP contribution is 2.23. The largest absolute Gasteiger partial charge is 0.345 e. The van der Waals surface area contributed by atoms with Crippen LogP contribution in [0.4, 0.5) is 5.69 Å². The van der Waals surface area contributed by atoms with E-state index in [0.29, 0.717) is 5.56 Å². The number of hydrogen-bond donors (Lipinski definition) is 1. The van der Waals surface area contributed by atoms with E-state index in [9.17, 15) is 14.9 Å². The van der Waals surface area contributed by atoms with Crippen LogP contribution in [0, 0.1) is 10.1 Å². The fourth-order valence-corrected chi connectivity index (χ4v) is 3.21. The van der Waals surface area contributed by atoms with Gasteiger partial charge in [0.1, 0.15) is 0 Å². The molecule has 0 bridgehead atoms. The molecule has 2 aromatic rings. The molecular formula is C22H30ClN3O3. The Bertz CT molecular complexity index is 750. The van der Waals surface area contributed by atoms with E-state index in [1.807, 2.05) is 18.2 Å². The normalized spacial score (nSPS) is 11.6. The Morgan fingerprint density at radius 3 is 2.21 bits per heavy atom. The molecule has 1 unspecified atom stereocenters. The molecule has 0 aromatic heterocycles. The minimum absolute atomic E-state index is 0. The summed E-state index contributed by atoms with van der Waals surface area (Å²) in [7, 11) is 0. The Balaban J connectivity index is 0.00000420. The molecule has 1 N–H and O–H groups in total. The highest BCUT2D eigenvalue weighted by Gasteiger charge is 2.17. The lowest BCUT2D eigenvalue weighted by molar-refractivity contribution is -0.384. The van der Waals surface area contributed by atoms with E-state index in [1.54, 1.807) is 24.3 Å². The molecule has 0 aliphatic rings. The first-order valence-corrected chi connectivity index (χ1v) is 9.87. The molecule has 1 amide bonds. The number of nitrogens with one attached hydrogen (secondary N) is 1. The van der Waals surface area contributed by atoms with Crippen LogP contribution in [0.25, 0.3) is 0 Å². The van der Waals surface area contributed by atoms with Gasteiger partial charge in [-0.1, -0.05) is 44.2 Å². The molecule has 7 heteroatoms. The molecule has 0 saturated heterocycles. The van der Waals surface area contributed by atoms with Gasteiger partial charge in [0.25, 0.3) is 11.6 Å². The van der Waals surface area contributed by atoms with Gasteiger partial charge in [-0.2, -0.15) is 0 Å². The van der Waals surface area contributed by atoms with Gasteiger partial charge < -0.3 is 10.2 Å². The van der Waals surface area contributed by atoms with Gasteiger partial charge in [-0.3, -0.25) is 14.9 Å². The molecule has 0 spiro atoms. The van der Waals surface area contributed by atoms with Gasteiger partial charge in [0, 0.05) is 17.7 Å². The van der Waals surface area contributed by atoms with Crippen LogP contribution in [0.5, 0.6) is 0 Å². The Morgan fingerprint density at radius 2 is 1.66 bits per heavy atom. The predicted octanol–water partition coefficient (Wildman–Crippen LogP) is 5.00. The Labute approximate surface area is 178 Å². The van der Waals surface area contributed by atoms with Crippen LogP contribution < -0.4 is 5.32 Å². The van der Waals surface area contributed by atoms with Crippen molar-refractivity contribution >= 4 is 24.0 Å². The van der Waals surface area contributed by atoms with E-state index in [0.717, 1.165) is 44.5 Å². The third-order valence-electron chi connectivity index (χ3n) is 4.96. The maximum Gasteiger partial charge on any atom is 0.269 e. The topological polar surface area (TPSA) is 75.5 Å². The summed E-state index contributed by atoms with van der Waals surface area (Å²) in [5, 5.41) is 14.0. The zero-order valence-corrected chi connectivity index (χ0v) is 17.9. The Kier molecular flexibility index (Phi) is 10.9. The zero-order chi connectivity index (χ0) is 20.4. The van der Waals surface area contributed by atoms with Crippen LogP contribution in [-0.4, -0.2) is 35.4 Å². The first-order chi connectivity index (χ1) is 13.5. The van der Waals surface area contributed by atoms with Crippen LogP contribution in [0.1, 0.15) is 55.1 Å². The smallest absolute Gasteiger partial charge is 0.269 e. The summed E-state index contributed by atoms with van der Waals surface area (Å²) in [6.07, 6.45) is 2.80. The number of nitrogens with zero attached hydrogens (tertiary/aromatic N) is 2. The molecule has 2 aromatic carbocycles. The summed E-state index contributed by atoms with van der Waals surface area (Å²) in [6.45, 7) is 7.42. The molecule has 2 rings (SSSR count). The van der Waals surface area contributed by atoms with E-state index < -0.39 is 4.92 Å². The maximum absolute atomic E-state index is 12.6. The van der Waals surface area contributed by atoms with Crippen molar-refractivity contribution in [3.8, 4) is 0 Å². The van der Waals surface area contributed by atoms with Crippen molar-refractivity contribution in [3.63, 3.8) is 0 Å². The average Bonchev–Trinajstić information content (AvgIpc) is 2.73. The molecule has 158 valence electrons. The standard InChI is InChI=1S/C22H29N3O3.ClH/c1-3-24(4-2)17-9-8-12-21(18-13-15-20(16-14-18)25(27)28)23-22(26)19-10-6-5-7-11-19;/h5-7,10-11,13-16,21H,3-4,8-9,12,17H2,1-2H3,(H,23,26);1H. The lowest BCUT2D eigenvalue weighted by Gasteiger charge is -2.21. The van der Waals surface area contributed by atoms with Crippen LogP contribution in [0.15, 0.2) is 54.6 Å². The number of unbranched alkanes of at least 4 members (excludes halogenated alkanes) is 1. The number of benzene rings is 2. The molecule has 0 saturated carbocycles. The Hall–Kier alpha value is -2.44. The van der Waals surface area contributed by atoms with E-state index in [-0.39, 0.29) is 30.0 Å². The fraction of sp³-hybridized carbons (Fsp3) is 0.409. The second-order valence-corrected chi connectivity index (χ2v) is 6.76. The highest BCUT2D eigenvalue weighted by atomic mass is 35.5. The first-order valence-electron chi connectivity index (χ1n) is 9.87. The van der Waals surface area contributed by atoms with E-state index in [2.05, 4.69) is 24.1 Å². The molecular weight excluding hydrogens is 390 g/mol. The van der Waals surface area contributed by atoms with Crippen molar-refractivity contribution in [1.82, 2.24) is 10.2 Å². The summed E-state index contributed by atoms with van der Waals surface area (Å²) >= 11 is 0. The number of hydrogen-bond acceptors (Lipinski definition) is 4. The summed E-state index contributed by atoms with van der Waals surface area (Å²) in [5.41, 5.74) is 1.55. The number of rotatable bonds is 11. The van der Waals surface area contributed by atoms with Gasteiger partial charge in [0.05, 0.1) is 11.0 Å². The molecule has 6 nitrogen and oxygen atoms in total. The van der Waals surface area contributed by atoms with Crippen LogP contribution in [-0.2, 0) is 0 Å². The second-order valence-electron chi connectivity index (χ2n) is 6.76. The highest BCUT2D eigenvalue weighted by molar-refractivity contribution is 5.94. The third-order valence-corrected chi connectivity index (χ3v) is 4.96. The predicted molar refractivity (Wildman–Crippen MR) is 119 cm³/mol. The van der Waals surface area contributed by atoms with Crippen LogP contribution in [0.3, 0.4) is 0 Å². The van der Waals surface area contributed by atoms with Gasteiger partial charge in [-0.15, -0.1) is 12.4 Å². The van der Waals surface area contributed by atoms with Crippen LogP contribution >= 0.6 is 12.4 Å². The molecule has 0 radical (unpaired) electrons. The van der Waals surface area contributed by atoms with Crippen molar-refractivity contribution in [2.45, 2.75) is 39.2 Å². The lowest BCUT2D eigenvalue weighted by Crippen LogP contribution is -2.29. The first kappa shape index (κ1) is 24.6. The van der Waals surface area contributed by atoms with Gasteiger partial charge in [0.2, 0.25) is 0 Å². The summed E-state index contributed by atoms with van der Waals surface area (Å²) in [6, 6.07) is 15.4. The molecule has 0 aliphatic heterocycles. The molecule has 1 atom stereocenters. The van der Waals surface area contributed by atoms with E-state index >= 15 is 0 Å². The second kappa shape index (κ2) is 12.9. The zero-order valence-electron chi connectivity index (χ0n) is 17.0. The molecule has 0 aliphatic carbocycles. The Morgan fingerprint density at radius 1 is 1.03 bits per heavy atom. The average molecular weight is 420 g/mol. The number of amides is 1. The lowest BCUT2D eigenvalue weighted by atomic mass is 10.00. The maximum atomic E-state index is 12.6. The third kappa shape index (κ3) is 7.83. The van der Waals surface area contributed by atoms with Gasteiger partial charge in [-0.05, 0) is 56.6 Å². The monoisotopic (exact) mass is 419 g/mol. The summed E-state index contributed by atoms with van der Waals surface area (Å²) in [5.74, 6) is -0.132. The van der Waals surface area contributed by atoms with Gasteiger partial charge in [0.15, 0.2) is 0 Å². The van der Waals surface area contributed by atoms with Crippen molar-refractivity contribution in [1.29, 1.82) is 0 Å². The molecule has 0 fully saturated rings. The van der Waals surface area contributed by atoms with Crippen LogP contribution in [0.2, 0.25) is 0 Å². The summed E-state index contributed by atoms with van der Waals surface area (Å²) in [4.78, 5) is 25.5. The quantitative estimate of drug-likeness (QED) is 0.316. The minimum atomic E-state index is -0.411. The van der Waals surface area contributed by atoms with E-state index in [1.165, 1.54) is 12.1 Å². The van der Waals surface area contributed by atoms with E-state index in [4.69, 9.17) is 0 Å². The fourth-order valence-electron chi connectivity index (χ4n) is 3.21. The van der Waals surface area contributed by atoms with Gasteiger partial charge in [-0.25, -0.2) is 0 Å². The minimum Gasteiger partial charge on any atom is -0.345 e. The molecule has 29 heavy (non-hydrogen) atoms. The number of non-ortho nitro benzene ring substituents is 1. The number of carbonyl (C=O) groups excluding carboxylic acids is 1. The number of nitro groups is 1. The van der Waals surface area contributed by atoms with Crippen molar-refractivity contribution in [2.75, 3.05) is 19.6 Å². The SMILES string of the molecule is CCN(CC)CCCCC(NC(=O)c1ccccc1)c1ccc([N+](=O)[O-])cc1.Cl. The summed E-state index contributed by atoms with van der Waals surface area (Å²) < 4.78 is 0. The number of carbonyl (C=O) groups is 1. The van der Waals surface area contributed by atoms with Crippen molar-refractivity contribution in [2.24, 2.45) is 0 Å². The van der Waals surface area contributed by atoms with Crippen molar-refractivity contribution < 1.29 is 9.72 Å². The number of nitro benzene ring substituents is 1. The van der Waals surface area contributed by atoms with Gasteiger partial charge >= 0.3 is 0 Å². The van der Waals surface area contributed by atoms with Crippen molar-refractivity contribution in [3.05, 3.63) is 75.8 Å².